The number of hydrogen-bond donors (Lipinski definition) is 0. The molecular weight excluding hydrogens is 274 g/mol. The van der Waals surface area contributed by atoms with Gasteiger partial charge in [-0.1, -0.05) is 0 Å². The molecular formula is C18H17N3O. The van der Waals surface area contributed by atoms with Gasteiger partial charge in [-0.15, -0.1) is 0 Å². The molecule has 2 aromatic heterocycles. The molecule has 4 nitrogen and oxygen atoms in total. The number of hydrogen-bond acceptors (Lipinski definition) is 3. The summed E-state index contributed by atoms with van der Waals surface area (Å²) in [5, 5.41) is 9.13. The zero-order valence-corrected chi connectivity index (χ0v) is 12.7. The van der Waals surface area contributed by atoms with Crippen LogP contribution in [0.15, 0.2) is 42.6 Å². The van der Waals surface area contributed by atoms with Gasteiger partial charge in [0.25, 0.3) is 0 Å². The van der Waals surface area contributed by atoms with Crippen LogP contribution in [0.2, 0.25) is 0 Å². The average molecular weight is 291 g/mol. The molecule has 0 aliphatic heterocycles. The van der Waals surface area contributed by atoms with Crippen LogP contribution in [0.5, 0.6) is 5.75 Å². The maximum absolute atomic E-state index is 9.13. The SMILES string of the molecule is CCOc1ccc(-c2nc3cc(C)ccn3c2CC#N)cc1. The lowest BCUT2D eigenvalue weighted by Gasteiger charge is -2.05. The standard InChI is InChI=1S/C18H17N3O/c1-3-22-15-6-4-14(5-7-15)18-16(8-10-19)21-11-9-13(2)12-17(21)20-18/h4-7,9,11-12H,3,8H2,1-2H3. The van der Waals surface area contributed by atoms with Crippen molar-refractivity contribution in [1.29, 1.82) is 5.26 Å². The van der Waals surface area contributed by atoms with Crippen molar-refractivity contribution >= 4 is 5.65 Å². The second-order valence-electron chi connectivity index (χ2n) is 5.13. The zero-order valence-electron chi connectivity index (χ0n) is 12.7. The maximum atomic E-state index is 9.13. The van der Waals surface area contributed by atoms with Crippen molar-refractivity contribution in [3.63, 3.8) is 0 Å². The monoisotopic (exact) mass is 291 g/mol. The highest BCUT2D eigenvalue weighted by molar-refractivity contribution is 5.67. The highest BCUT2D eigenvalue weighted by Crippen LogP contribution is 2.27. The summed E-state index contributed by atoms with van der Waals surface area (Å²) in [7, 11) is 0. The summed E-state index contributed by atoms with van der Waals surface area (Å²) < 4.78 is 7.46. The molecule has 0 saturated heterocycles. The van der Waals surface area contributed by atoms with Crippen LogP contribution in [-0.2, 0) is 6.42 Å². The third kappa shape index (κ3) is 2.53. The van der Waals surface area contributed by atoms with Crippen LogP contribution < -0.4 is 4.74 Å². The molecule has 0 radical (unpaired) electrons. The topological polar surface area (TPSA) is 50.3 Å². The number of nitrogens with zero attached hydrogens (tertiary/aromatic N) is 3. The Labute approximate surface area is 129 Å². The van der Waals surface area contributed by atoms with Crippen molar-refractivity contribution < 1.29 is 4.74 Å². The van der Waals surface area contributed by atoms with E-state index in [1.165, 1.54) is 0 Å². The number of fused-ring (bicyclic) bond motifs is 1. The van der Waals surface area contributed by atoms with Gasteiger partial charge in [0.05, 0.1) is 30.5 Å². The van der Waals surface area contributed by atoms with Gasteiger partial charge < -0.3 is 9.14 Å². The number of aromatic nitrogens is 2. The van der Waals surface area contributed by atoms with E-state index in [1.807, 2.05) is 60.8 Å². The zero-order chi connectivity index (χ0) is 15.5. The Bertz CT molecular complexity index is 841. The Morgan fingerprint density at radius 3 is 2.68 bits per heavy atom. The molecule has 0 saturated carbocycles. The van der Waals surface area contributed by atoms with Crippen LogP contribution in [-0.4, -0.2) is 16.0 Å². The lowest BCUT2D eigenvalue weighted by atomic mass is 10.1. The number of ether oxygens (including phenoxy) is 1. The Balaban J connectivity index is 2.12. The Morgan fingerprint density at radius 1 is 1.23 bits per heavy atom. The van der Waals surface area contributed by atoms with Crippen molar-refractivity contribution in [3.8, 4) is 23.1 Å². The van der Waals surface area contributed by atoms with Crippen molar-refractivity contribution in [2.45, 2.75) is 20.3 Å². The van der Waals surface area contributed by atoms with Crippen LogP contribution >= 0.6 is 0 Å². The first-order chi connectivity index (χ1) is 10.7. The van der Waals surface area contributed by atoms with E-state index in [4.69, 9.17) is 15.0 Å². The Kier molecular flexibility index (Phi) is 3.80. The van der Waals surface area contributed by atoms with Gasteiger partial charge in [0.1, 0.15) is 11.4 Å². The molecule has 4 heteroatoms. The van der Waals surface area contributed by atoms with E-state index in [-0.39, 0.29) is 0 Å². The fourth-order valence-corrected chi connectivity index (χ4v) is 2.55. The second-order valence-corrected chi connectivity index (χ2v) is 5.13. The van der Waals surface area contributed by atoms with Gasteiger partial charge in [-0.3, -0.25) is 0 Å². The van der Waals surface area contributed by atoms with Crippen LogP contribution in [0, 0.1) is 18.3 Å². The third-order valence-electron chi connectivity index (χ3n) is 3.57. The van der Waals surface area contributed by atoms with Gasteiger partial charge in [0, 0.05) is 11.8 Å². The number of aryl methyl sites for hydroxylation is 1. The first kappa shape index (κ1) is 14.2. The molecule has 0 unspecified atom stereocenters. The molecule has 0 atom stereocenters. The molecule has 3 aromatic rings. The molecule has 0 bridgehead atoms. The maximum Gasteiger partial charge on any atom is 0.137 e. The van der Waals surface area contributed by atoms with Crippen LogP contribution in [0.3, 0.4) is 0 Å². The minimum atomic E-state index is 0.326. The molecule has 110 valence electrons. The normalized spacial score (nSPS) is 10.6. The minimum absolute atomic E-state index is 0.326. The number of benzene rings is 1. The minimum Gasteiger partial charge on any atom is -0.494 e. The smallest absolute Gasteiger partial charge is 0.137 e. The highest BCUT2D eigenvalue weighted by Gasteiger charge is 2.13. The van der Waals surface area contributed by atoms with Crippen molar-refractivity contribution in [3.05, 3.63) is 53.9 Å². The van der Waals surface area contributed by atoms with E-state index < -0.39 is 0 Å². The lowest BCUT2D eigenvalue weighted by Crippen LogP contribution is -1.94. The molecule has 2 heterocycles. The summed E-state index contributed by atoms with van der Waals surface area (Å²) in [5.41, 5.74) is 4.79. The van der Waals surface area contributed by atoms with Gasteiger partial charge in [-0.05, 0) is 55.8 Å². The van der Waals surface area contributed by atoms with E-state index in [0.29, 0.717) is 13.0 Å². The van der Waals surface area contributed by atoms with E-state index in [9.17, 15) is 0 Å². The van der Waals surface area contributed by atoms with E-state index >= 15 is 0 Å². The van der Waals surface area contributed by atoms with E-state index in [1.54, 1.807) is 0 Å². The summed E-state index contributed by atoms with van der Waals surface area (Å²) in [6, 6.07) is 14.1. The fourth-order valence-electron chi connectivity index (χ4n) is 2.55. The van der Waals surface area contributed by atoms with Gasteiger partial charge in [-0.25, -0.2) is 4.98 Å². The number of imidazole rings is 1. The number of nitriles is 1. The van der Waals surface area contributed by atoms with Gasteiger partial charge >= 0.3 is 0 Å². The number of rotatable bonds is 4. The molecule has 0 aliphatic carbocycles. The summed E-state index contributed by atoms with van der Waals surface area (Å²) in [6.45, 7) is 4.64. The van der Waals surface area contributed by atoms with Crippen molar-refractivity contribution in [2.75, 3.05) is 6.61 Å². The number of pyridine rings is 1. The van der Waals surface area contributed by atoms with Gasteiger partial charge in [0.15, 0.2) is 0 Å². The molecule has 0 fully saturated rings. The predicted molar refractivity (Wildman–Crippen MR) is 85.9 cm³/mol. The third-order valence-corrected chi connectivity index (χ3v) is 3.57. The summed E-state index contributed by atoms with van der Waals surface area (Å²) >= 11 is 0. The van der Waals surface area contributed by atoms with Gasteiger partial charge in [0.2, 0.25) is 0 Å². The molecule has 0 N–H and O–H groups in total. The first-order valence-electron chi connectivity index (χ1n) is 7.30. The molecule has 22 heavy (non-hydrogen) atoms. The van der Waals surface area contributed by atoms with Crippen molar-refractivity contribution in [1.82, 2.24) is 9.38 Å². The largest absolute Gasteiger partial charge is 0.494 e. The molecule has 0 aliphatic rings. The first-order valence-corrected chi connectivity index (χ1v) is 7.30. The molecule has 0 spiro atoms. The Morgan fingerprint density at radius 2 is 2.00 bits per heavy atom. The highest BCUT2D eigenvalue weighted by atomic mass is 16.5. The second kappa shape index (κ2) is 5.90. The van der Waals surface area contributed by atoms with E-state index in [2.05, 4.69) is 6.07 Å². The molecule has 1 aromatic carbocycles. The quantitative estimate of drug-likeness (QED) is 0.735. The van der Waals surface area contributed by atoms with Crippen LogP contribution in [0.25, 0.3) is 16.9 Å². The molecule has 3 rings (SSSR count). The summed E-state index contributed by atoms with van der Waals surface area (Å²) in [6.07, 6.45) is 2.30. The average Bonchev–Trinajstić information content (AvgIpc) is 2.87. The summed E-state index contributed by atoms with van der Waals surface area (Å²) in [5.74, 6) is 0.840. The fraction of sp³-hybridized carbons (Fsp3) is 0.222. The van der Waals surface area contributed by atoms with E-state index in [0.717, 1.165) is 33.9 Å². The predicted octanol–water partition coefficient (Wildman–Crippen LogP) is 3.77. The van der Waals surface area contributed by atoms with Crippen LogP contribution in [0.4, 0.5) is 0 Å². The van der Waals surface area contributed by atoms with Crippen LogP contribution in [0.1, 0.15) is 18.2 Å². The summed E-state index contributed by atoms with van der Waals surface area (Å²) in [4.78, 5) is 4.71. The van der Waals surface area contributed by atoms with Crippen molar-refractivity contribution in [2.24, 2.45) is 0 Å². The van der Waals surface area contributed by atoms with Gasteiger partial charge in [-0.2, -0.15) is 5.26 Å². The lowest BCUT2D eigenvalue weighted by molar-refractivity contribution is 0.340. The Hall–Kier alpha value is -2.80. The molecule has 0 amide bonds.